The van der Waals surface area contributed by atoms with Gasteiger partial charge in [-0.05, 0) is 45.8 Å². The van der Waals surface area contributed by atoms with Crippen LogP contribution in [-0.4, -0.2) is 37.1 Å². The number of hydrogen-bond donors (Lipinski definition) is 1. The van der Waals surface area contributed by atoms with Crippen LogP contribution in [0.15, 0.2) is 0 Å². The Morgan fingerprint density at radius 2 is 2.00 bits per heavy atom. The Morgan fingerprint density at radius 1 is 1.21 bits per heavy atom. The van der Waals surface area contributed by atoms with Crippen molar-refractivity contribution in [1.82, 2.24) is 10.2 Å². The molecule has 14 heavy (non-hydrogen) atoms. The highest BCUT2D eigenvalue weighted by Gasteiger charge is 2.28. The molecule has 2 heteroatoms. The molecule has 0 aliphatic heterocycles. The van der Waals surface area contributed by atoms with Gasteiger partial charge in [0.25, 0.3) is 0 Å². The molecule has 1 aliphatic rings. The van der Waals surface area contributed by atoms with Gasteiger partial charge in [0.1, 0.15) is 0 Å². The van der Waals surface area contributed by atoms with E-state index in [4.69, 9.17) is 0 Å². The zero-order valence-electron chi connectivity index (χ0n) is 10.1. The zero-order valence-corrected chi connectivity index (χ0v) is 10.1. The summed E-state index contributed by atoms with van der Waals surface area (Å²) < 4.78 is 0. The quantitative estimate of drug-likeness (QED) is 0.704. The van der Waals surface area contributed by atoms with Crippen molar-refractivity contribution in [2.24, 2.45) is 0 Å². The van der Waals surface area contributed by atoms with Crippen LogP contribution >= 0.6 is 0 Å². The molecule has 1 fully saturated rings. The smallest absolute Gasteiger partial charge is 0.0246 e. The minimum absolute atomic E-state index is 0.756. The van der Waals surface area contributed by atoms with Gasteiger partial charge in [0, 0.05) is 12.1 Å². The van der Waals surface area contributed by atoms with Crippen molar-refractivity contribution >= 4 is 0 Å². The van der Waals surface area contributed by atoms with E-state index in [9.17, 15) is 0 Å². The predicted octanol–water partition coefficient (Wildman–Crippen LogP) is 2.25. The second-order valence-electron chi connectivity index (χ2n) is 4.54. The summed E-state index contributed by atoms with van der Waals surface area (Å²) in [6.07, 6.45) is 6.69. The molecule has 2 atom stereocenters. The van der Waals surface area contributed by atoms with Crippen LogP contribution in [0, 0.1) is 0 Å². The highest BCUT2D eigenvalue weighted by atomic mass is 15.2. The Bertz CT molecular complexity index is 147. The lowest BCUT2D eigenvalue weighted by Gasteiger charge is -2.30. The van der Waals surface area contributed by atoms with Crippen molar-refractivity contribution in [3.05, 3.63) is 0 Å². The highest BCUT2D eigenvalue weighted by molar-refractivity contribution is 4.89. The molecule has 0 aromatic carbocycles. The summed E-state index contributed by atoms with van der Waals surface area (Å²) in [5, 5.41) is 3.68. The van der Waals surface area contributed by atoms with Crippen LogP contribution in [0.2, 0.25) is 0 Å². The van der Waals surface area contributed by atoms with Gasteiger partial charge in [-0.15, -0.1) is 0 Å². The molecule has 0 heterocycles. The van der Waals surface area contributed by atoms with Crippen LogP contribution in [0.5, 0.6) is 0 Å². The van der Waals surface area contributed by atoms with Crippen molar-refractivity contribution in [3.8, 4) is 0 Å². The standard InChI is InChI=1S/C12H26N2/c1-4-9-13-11-7-6-8-12(11)14(3)10-5-2/h11-13H,4-10H2,1-3H3. The molecule has 1 saturated carbocycles. The van der Waals surface area contributed by atoms with Crippen LogP contribution in [0.3, 0.4) is 0 Å². The summed E-state index contributed by atoms with van der Waals surface area (Å²) in [5.74, 6) is 0. The first-order valence-electron chi connectivity index (χ1n) is 6.23. The molecule has 0 saturated heterocycles. The number of nitrogens with zero attached hydrogens (tertiary/aromatic N) is 1. The second kappa shape index (κ2) is 6.41. The van der Waals surface area contributed by atoms with Crippen molar-refractivity contribution in [2.45, 2.75) is 58.0 Å². The fourth-order valence-corrected chi connectivity index (χ4v) is 2.55. The van der Waals surface area contributed by atoms with E-state index >= 15 is 0 Å². The minimum atomic E-state index is 0.756. The monoisotopic (exact) mass is 198 g/mol. The molecule has 0 aromatic heterocycles. The van der Waals surface area contributed by atoms with Crippen LogP contribution in [-0.2, 0) is 0 Å². The summed E-state index contributed by atoms with van der Waals surface area (Å²) in [7, 11) is 2.28. The molecule has 0 spiro atoms. The first-order chi connectivity index (χ1) is 6.79. The predicted molar refractivity (Wildman–Crippen MR) is 62.6 cm³/mol. The van der Waals surface area contributed by atoms with Crippen molar-refractivity contribution < 1.29 is 0 Å². The summed E-state index contributed by atoms with van der Waals surface area (Å²) >= 11 is 0. The fraction of sp³-hybridized carbons (Fsp3) is 1.00. The van der Waals surface area contributed by atoms with Gasteiger partial charge in [-0.3, -0.25) is 0 Å². The maximum Gasteiger partial charge on any atom is 0.0246 e. The molecular formula is C12H26N2. The molecule has 1 N–H and O–H groups in total. The lowest BCUT2D eigenvalue weighted by atomic mass is 10.1. The van der Waals surface area contributed by atoms with Crippen molar-refractivity contribution in [2.75, 3.05) is 20.1 Å². The van der Waals surface area contributed by atoms with Gasteiger partial charge in [0.15, 0.2) is 0 Å². The maximum absolute atomic E-state index is 3.68. The molecular weight excluding hydrogens is 172 g/mol. The highest BCUT2D eigenvalue weighted by Crippen LogP contribution is 2.23. The normalized spacial score (nSPS) is 27.4. The molecule has 0 radical (unpaired) electrons. The van der Waals surface area contributed by atoms with E-state index in [1.54, 1.807) is 0 Å². The Labute approximate surface area is 89.1 Å². The van der Waals surface area contributed by atoms with Crippen LogP contribution in [0.25, 0.3) is 0 Å². The first kappa shape index (κ1) is 12.0. The maximum atomic E-state index is 3.68. The molecule has 0 aromatic rings. The van der Waals surface area contributed by atoms with Crippen LogP contribution < -0.4 is 5.32 Å². The van der Waals surface area contributed by atoms with E-state index in [-0.39, 0.29) is 0 Å². The summed E-state index contributed by atoms with van der Waals surface area (Å²) in [6.45, 7) is 6.93. The Kier molecular flexibility index (Phi) is 5.49. The van der Waals surface area contributed by atoms with Gasteiger partial charge in [0.05, 0.1) is 0 Å². The van der Waals surface area contributed by atoms with Gasteiger partial charge in [-0.2, -0.15) is 0 Å². The molecule has 2 unspecified atom stereocenters. The van der Waals surface area contributed by atoms with E-state index in [1.165, 1.54) is 45.2 Å². The van der Waals surface area contributed by atoms with Gasteiger partial charge >= 0.3 is 0 Å². The van der Waals surface area contributed by atoms with E-state index in [1.807, 2.05) is 0 Å². The Morgan fingerprint density at radius 3 is 2.64 bits per heavy atom. The van der Waals surface area contributed by atoms with E-state index in [0.29, 0.717) is 0 Å². The van der Waals surface area contributed by atoms with Crippen LogP contribution in [0.1, 0.15) is 46.0 Å². The molecule has 2 nitrogen and oxygen atoms in total. The third kappa shape index (κ3) is 3.25. The summed E-state index contributed by atoms with van der Waals surface area (Å²) in [4.78, 5) is 2.54. The average molecular weight is 198 g/mol. The SMILES string of the molecule is CCCNC1CCCC1N(C)CCC. The van der Waals surface area contributed by atoms with Gasteiger partial charge < -0.3 is 10.2 Å². The number of nitrogens with one attached hydrogen (secondary N) is 1. The third-order valence-corrected chi connectivity index (χ3v) is 3.28. The van der Waals surface area contributed by atoms with Gasteiger partial charge in [0.2, 0.25) is 0 Å². The summed E-state index contributed by atoms with van der Waals surface area (Å²) in [6, 6.07) is 1.55. The average Bonchev–Trinajstić information content (AvgIpc) is 2.63. The lowest BCUT2D eigenvalue weighted by Crippen LogP contribution is -2.45. The largest absolute Gasteiger partial charge is 0.312 e. The topological polar surface area (TPSA) is 15.3 Å². The minimum Gasteiger partial charge on any atom is -0.312 e. The third-order valence-electron chi connectivity index (χ3n) is 3.28. The summed E-state index contributed by atoms with van der Waals surface area (Å²) in [5.41, 5.74) is 0. The molecule has 84 valence electrons. The fourth-order valence-electron chi connectivity index (χ4n) is 2.55. The van der Waals surface area contributed by atoms with Crippen LogP contribution in [0.4, 0.5) is 0 Å². The first-order valence-corrected chi connectivity index (χ1v) is 6.23. The number of likely N-dealkylation sites (N-methyl/N-ethyl adjacent to an activating group) is 1. The Balaban J connectivity index is 2.33. The zero-order chi connectivity index (χ0) is 10.4. The second-order valence-corrected chi connectivity index (χ2v) is 4.54. The molecule has 1 aliphatic carbocycles. The van der Waals surface area contributed by atoms with Crippen molar-refractivity contribution in [1.29, 1.82) is 0 Å². The van der Waals surface area contributed by atoms with E-state index in [0.717, 1.165) is 12.1 Å². The molecule has 0 bridgehead atoms. The van der Waals surface area contributed by atoms with Gasteiger partial charge in [-0.25, -0.2) is 0 Å². The van der Waals surface area contributed by atoms with E-state index < -0.39 is 0 Å². The lowest BCUT2D eigenvalue weighted by molar-refractivity contribution is 0.212. The number of hydrogen-bond acceptors (Lipinski definition) is 2. The van der Waals surface area contributed by atoms with Crippen molar-refractivity contribution in [3.63, 3.8) is 0 Å². The Hall–Kier alpha value is -0.0800. The van der Waals surface area contributed by atoms with E-state index in [2.05, 4.69) is 31.1 Å². The molecule has 0 amide bonds. The van der Waals surface area contributed by atoms with Gasteiger partial charge in [-0.1, -0.05) is 20.3 Å². The molecule has 1 rings (SSSR count). The number of rotatable bonds is 6.